The molecule has 0 spiro atoms. The number of Topliss-reactive ketones (excluding diaryl/α,β-unsaturated/α-hetero) is 2. The van der Waals surface area contributed by atoms with Crippen molar-refractivity contribution in [2.45, 2.75) is 37.1 Å². The molecular weight excluding hydrogens is 428 g/mol. The fourth-order valence-electron chi connectivity index (χ4n) is 4.38. The Kier molecular flexibility index (Phi) is 5.50. The minimum Gasteiger partial charge on any atom is -0.508 e. The molecule has 1 aromatic heterocycles. The van der Waals surface area contributed by atoms with Gasteiger partial charge in [-0.3, -0.25) is 14.4 Å². The molecule has 7 nitrogen and oxygen atoms in total. The Morgan fingerprint density at radius 3 is 2.75 bits per heavy atom. The van der Waals surface area contributed by atoms with Crippen LogP contribution in [-0.4, -0.2) is 53.4 Å². The standard InChI is InChI=1S/C24H22N2O5S/c27-14-7-5-13(6-8-14)11-17(21(28)23-22(29)20-18(31-23)9-10-25-20)26-24(30)16-12-32-19-4-2-1-3-15(16)19/h1-8,12,17-18,20,23,25,27H,9-11H2,(H,26,30). The molecule has 4 unspecified atom stereocenters. The first-order chi connectivity index (χ1) is 15.5. The Morgan fingerprint density at radius 2 is 1.97 bits per heavy atom. The Balaban J connectivity index is 1.41. The van der Waals surface area contributed by atoms with Gasteiger partial charge >= 0.3 is 0 Å². The van der Waals surface area contributed by atoms with Crippen LogP contribution in [-0.2, 0) is 20.7 Å². The lowest BCUT2D eigenvalue weighted by Gasteiger charge is -2.21. The fraction of sp³-hybridized carbons (Fsp3) is 0.292. The molecule has 0 bridgehead atoms. The number of fused-ring (bicyclic) bond motifs is 2. The zero-order valence-electron chi connectivity index (χ0n) is 17.1. The number of carbonyl (C=O) groups excluding carboxylic acids is 3. The third-order valence-corrected chi connectivity index (χ3v) is 7.01. The summed E-state index contributed by atoms with van der Waals surface area (Å²) in [6.07, 6.45) is -0.638. The SMILES string of the molecule is O=C(NC(Cc1ccc(O)cc1)C(=O)C1OC2CCNC2C1=O)c1csc2ccccc12. The first-order valence-electron chi connectivity index (χ1n) is 10.5. The van der Waals surface area contributed by atoms with Gasteiger partial charge in [-0.2, -0.15) is 0 Å². The maximum Gasteiger partial charge on any atom is 0.253 e. The Morgan fingerprint density at radius 1 is 1.19 bits per heavy atom. The van der Waals surface area contributed by atoms with E-state index in [2.05, 4.69) is 10.6 Å². The van der Waals surface area contributed by atoms with Gasteiger partial charge in [0.05, 0.1) is 23.8 Å². The van der Waals surface area contributed by atoms with Gasteiger partial charge in [-0.05, 0) is 43.1 Å². The second-order valence-corrected chi connectivity index (χ2v) is 9.03. The van der Waals surface area contributed by atoms with Gasteiger partial charge in [0.1, 0.15) is 5.75 Å². The molecule has 32 heavy (non-hydrogen) atoms. The average molecular weight is 451 g/mol. The zero-order chi connectivity index (χ0) is 22.2. The van der Waals surface area contributed by atoms with Crippen LogP contribution in [0.25, 0.3) is 10.1 Å². The number of rotatable bonds is 6. The minimum absolute atomic E-state index is 0.110. The number of phenols is 1. The number of amides is 1. The summed E-state index contributed by atoms with van der Waals surface area (Å²) in [5, 5.41) is 18.1. The Hall–Kier alpha value is -3.07. The monoisotopic (exact) mass is 450 g/mol. The topological polar surface area (TPSA) is 105 Å². The third-order valence-electron chi connectivity index (χ3n) is 6.05. The van der Waals surface area contributed by atoms with Gasteiger partial charge in [-0.15, -0.1) is 11.3 Å². The predicted molar refractivity (Wildman–Crippen MR) is 120 cm³/mol. The van der Waals surface area contributed by atoms with E-state index in [4.69, 9.17) is 4.74 Å². The number of aromatic hydroxyl groups is 1. The third kappa shape index (κ3) is 3.81. The molecule has 2 aliphatic heterocycles. The van der Waals surface area contributed by atoms with Crippen LogP contribution in [0.3, 0.4) is 0 Å². The van der Waals surface area contributed by atoms with Crippen LogP contribution in [0, 0.1) is 0 Å². The van der Waals surface area contributed by atoms with Gasteiger partial charge < -0.3 is 20.5 Å². The zero-order valence-corrected chi connectivity index (χ0v) is 17.9. The minimum atomic E-state index is -1.19. The molecule has 2 aromatic carbocycles. The summed E-state index contributed by atoms with van der Waals surface area (Å²) in [5.41, 5.74) is 1.24. The van der Waals surface area contributed by atoms with Crippen molar-refractivity contribution in [3.05, 3.63) is 65.0 Å². The number of benzene rings is 2. The smallest absolute Gasteiger partial charge is 0.253 e. The van der Waals surface area contributed by atoms with Crippen LogP contribution >= 0.6 is 11.3 Å². The van der Waals surface area contributed by atoms with Gasteiger partial charge in [-0.1, -0.05) is 30.3 Å². The number of phenolic OH excluding ortho intramolecular Hbond substituents is 1. The molecule has 2 saturated heterocycles. The Bertz CT molecular complexity index is 1190. The molecular formula is C24H22N2O5S. The number of ether oxygens (including phenoxy) is 1. The average Bonchev–Trinajstić information content (AvgIpc) is 3.50. The van der Waals surface area contributed by atoms with Gasteiger partial charge in [0.25, 0.3) is 5.91 Å². The highest BCUT2D eigenvalue weighted by molar-refractivity contribution is 7.17. The normalized spacial score (nSPS) is 23.2. The largest absolute Gasteiger partial charge is 0.508 e. The lowest BCUT2D eigenvalue weighted by molar-refractivity contribution is -0.138. The van der Waals surface area contributed by atoms with E-state index < -0.39 is 24.0 Å². The van der Waals surface area contributed by atoms with Crippen LogP contribution in [0.5, 0.6) is 5.75 Å². The van der Waals surface area contributed by atoms with E-state index in [9.17, 15) is 19.5 Å². The summed E-state index contributed by atoms with van der Waals surface area (Å²) in [7, 11) is 0. The summed E-state index contributed by atoms with van der Waals surface area (Å²) in [6.45, 7) is 0.681. The second kappa shape index (κ2) is 8.46. The molecule has 4 atom stereocenters. The highest BCUT2D eigenvalue weighted by Crippen LogP contribution is 2.27. The van der Waals surface area contributed by atoms with Gasteiger partial charge in [0.15, 0.2) is 17.7 Å². The molecule has 1 amide bonds. The van der Waals surface area contributed by atoms with E-state index in [1.165, 1.54) is 23.5 Å². The van der Waals surface area contributed by atoms with Crippen molar-refractivity contribution in [2.75, 3.05) is 6.54 Å². The van der Waals surface area contributed by atoms with E-state index >= 15 is 0 Å². The highest BCUT2D eigenvalue weighted by Gasteiger charge is 2.50. The van der Waals surface area contributed by atoms with Crippen molar-refractivity contribution in [3.63, 3.8) is 0 Å². The fourth-order valence-corrected chi connectivity index (χ4v) is 5.33. The summed E-state index contributed by atoms with van der Waals surface area (Å²) < 4.78 is 6.77. The van der Waals surface area contributed by atoms with Gasteiger partial charge in [-0.25, -0.2) is 0 Å². The summed E-state index contributed by atoms with van der Waals surface area (Å²) in [6, 6.07) is 12.6. The van der Waals surface area contributed by atoms with Crippen molar-refractivity contribution >= 4 is 38.9 Å². The molecule has 3 aromatic rings. The van der Waals surface area contributed by atoms with Crippen LogP contribution in [0.1, 0.15) is 22.3 Å². The molecule has 164 valence electrons. The van der Waals surface area contributed by atoms with E-state index in [1.807, 2.05) is 24.3 Å². The van der Waals surface area contributed by atoms with Crippen LogP contribution in [0.15, 0.2) is 53.9 Å². The maximum atomic E-state index is 13.4. The second-order valence-electron chi connectivity index (χ2n) is 8.12. The molecule has 2 aliphatic rings. The van der Waals surface area contributed by atoms with E-state index in [0.717, 1.165) is 15.6 Å². The van der Waals surface area contributed by atoms with E-state index in [-0.39, 0.29) is 30.0 Å². The van der Waals surface area contributed by atoms with Crippen LogP contribution < -0.4 is 10.6 Å². The highest BCUT2D eigenvalue weighted by atomic mass is 32.1. The molecule has 3 N–H and O–H groups in total. The molecule has 8 heteroatoms. The van der Waals surface area contributed by atoms with Crippen LogP contribution in [0.4, 0.5) is 0 Å². The molecule has 0 saturated carbocycles. The number of hydrogen-bond acceptors (Lipinski definition) is 7. The van der Waals surface area contributed by atoms with Gasteiger partial charge in [0.2, 0.25) is 0 Å². The van der Waals surface area contributed by atoms with Gasteiger partial charge in [0, 0.05) is 15.5 Å². The summed E-state index contributed by atoms with van der Waals surface area (Å²) >= 11 is 1.46. The van der Waals surface area contributed by atoms with Crippen molar-refractivity contribution in [1.82, 2.24) is 10.6 Å². The number of thiophene rings is 1. The molecule has 0 aliphatic carbocycles. The lowest BCUT2D eigenvalue weighted by Crippen LogP contribution is -2.49. The molecule has 0 radical (unpaired) electrons. The van der Waals surface area contributed by atoms with E-state index in [0.29, 0.717) is 18.5 Å². The molecule has 5 rings (SSSR count). The molecule has 2 fully saturated rings. The number of ketones is 2. The first kappa shape index (κ1) is 20.8. The maximum absolute atomic E-state index is 13.4. The number of nitrogens with one attached hydrogen (secondary N) is 2. The van der Waals surface area contributed by atoms with Crippen molar-refractivity contribution in [2.24, 2.45) is 0 Å². The van der Waals surface area contributed by atoms with Crippen molar-refractivity contribution in [3.8, 4) is 5.75 Å². The summed E-state index contributed by atoms with van der Waals surface area (Å²) in [5.74, 6) is -0.988. The Labute approximate surface area is 188 Å². The first-order valence-corrected chi connectivity index (χ1v) is 11.4. The van der Waals surface area contributed by atoms with Crippen molar-refractivity contribution < 1.29 is 24.2 Å². The lowest BCUT2D eigenvalue weighted by atomic mass is 9.95. The quantitative estimate of drug-likeness (QED) is 0.498. The van der Waals surface area contributed by atoms with Crippen molar-refractivity contribution in [1.29, 1.82) is 0 Å². The van der Waals surface area contributed by atoms with E-state index in [1.54, 1.807) is 17.5 Å². The molecule has 3 heterocycles. The number of carbonyl (C=O) groups is 3. The predicted octanol–water partition coefficient (Wildman–Crippen LogP) is 2.22. The number of hydrogen-bond donors (Lipinski definition) is 3. The van der Waals surface area contributed by atoms with Crippen LogP contribution in [0.2, 0.25) is 0 Å². The summed E-state index contributed by atoms with van der Waals surface area (Å²) in [4.78, 5) is 39.3.